The zero-order valence-electron chi connectivity index (χ0n) is 22.5. The van der Waals surface area contributed by atoms with Crippen molar-refractivity contribution in [3.05, 3.63) is 0 Å². The summed E-state index contributed by atoms with van der Waals surface area (Å²) < 4.78 is 0. The lowest BCUT2D eigenvalue weighted by Crippen LogP contribution is -2.60. The van der Waals surface area contributed by atoms with E-state index in [1.165, 1.54) is 4.90 Å². The molecule has 2 saturated carbocycles. The third kappa shape index (κ3) is 4.64. The van der Waals surface area contributed by atoms with Crippen LogP contribution in [0.15, 0.2) is 0 Å². The molecule has 0 radical (unpaired) electrons. The average Bonchev–Trinajstić information content (AvgIpc) is 3.49. The normalized spacial score (nSPS) is 30.5. The predicted octanol–water partition coefficient (Wildman–Crippen LogP) is 1.22. The molecule has 198 valence electrons. The topological polar surface area (TPSA) is 135 Å². The van der Waals surface area contributed by atoms with Gasteiger partial charge in [0.1, 0.15) is 18.1 Å². The summed E-state index contributed by atoms with van der Waals surface area (Å²) in [4.78, 5) is 55.2. The van der Waals surface area contributed by atoms with Crippen molar-refractivity contribution in [1.82, 2.24) is 25.8 Å². The Morgan fingerprint density at radius 3 is 2.36 bits per heavy atom. The van der Waals surface area contributed by atoms with Crippen LogP contribution in [-0.4, -0.2) is 77.9 Å². The van der Waals surface area contributed by atoms with Crippen LogP contribution in [0.2, 0.25) is 0 Å². The van der Waals surface area contributed by atoms with Gasteiger partial charge in [0.2, 0.25) is 17.7 Å². The third-order valence-electron chi connectivity index (χ3n) is 8.79. The van der Waals surface area contributed by atoms with Crippen LogP contribution in [0.5, 0.6) is 0 Å². The number of fused-ring (bicyclic) bond motifs is 1. The first-order chi connectivity index (χ1) is 16.6. The first-order valence-electron chi connectivity index (χ1n) is 12.9. The van der Waals surface area contributed by atoms with E-state index in [9.17, 15) is 24.4 Å². The van der Waals surface area contributed by atoms with E-state index in [0.29, 0.717) is 13.0 Å². The van der Waals surface area contributed by atoms with Gasteiger partial charge in [-0.25, -0.2) is 4.79 Å². The molecule has 6 atom stereocenters. The van der Waals surface area contributed by atoms with Crippen molar-refractivity contribution in [1.29, 1.82) is 5.26 Å². The number of piperidine rings is 1. The van der Waals surface area contributed by atoms with Crippen molar-refractivity contribution in [3.8, 4) is 6.07 Å². The van der Waals surface area contributed by atoms with Crippen LogP contribution < -0.4 is 16.0 Å². The second-order valence-corrected chi connectivity index (χ2v) is 13.1. The van der Waals surface area contributed by atoms with Gasteiger partial charge in [0.15, 0.2) is 0 Å². The van der Waals surface area contributed by atoms with E-state index in [1.807, 2.05) is 20.8 Å². The Labute approximate surface area is 213 Å². The summed E-state index contributed by atoms with van der Waals surface area (Å²) in [5.74, 6) is -0.837. The van der Waals surface area contributed by atoms with E-state index >= 15 is 0 Å². The maximum absolute atomic E-state index is 13.8. The van der Waals surface area contributed by atoms with Gasteiger partial charge in [-0.15, -0.1) is 0 Å². The summed E-state index contributed by atoms with van der Waals surface area (Å²) in [5.41, 5.74) is -0.755. The summed E-state index contributed by atoms with van der Waals surface area (Å²) >= 11 is 0. The lowest BCUT2D eigenvalue weighted by molar-refractivity contribution is -0.143. The zero-order chi connectivity index (χ0) is 26.8. The second kappa shape index (κ2) is 8.63. The Hall–Kier alpha value is -2.83. The van der Waals surface area contributed by atoms with E-state index in [2.05, 4.69) is 35.9 Å². The number of carbonyl (C=O) groups excluding carboxylic acids is 4. The maximum atomic E-state index is 13.8. The van der Waals surface area contributed by atoms with Crippen LogP contribution in [-0.2, 0) is 14.4 Å². The number of urea groups is 1. The molecule has 6 unspecified atom stereocenters. The molecule has 0 aromatic carbocycles. The highest BCUT2D eigenvalue weighted by Gasteiger charge is 2.70. The van der Waals surface area contributed by atoms with E-state index in [1.54, 1.807) is 19.0 Å². The molecule has 0 aromatic rings. The number of nitrogens with one attached hydrogen (secondary N) is 3. The number of amides is 5. The van der Waals surface area contributed by atoms with Gasteiger partial charge >= 0.3 is 6.03 Å². The third-order valence-corrected chi connectivity index (χ3v) is 8.79. The molecule has 4 aliphatic rings. The van der Waals surface area contributed by atoms with Crippen molar-refractivity contribution >= 4 is 23.8 Å². The fourth-order valence-corrected chi connectivity index (χ4v) is 6.22. The number of hydrogen-bond donors (Lipinski definition) is 3. The van der Waals surface area contributed by atoms with Crippen molar-refractivity contribution in [2.24, 2.45) is 28.6 Å². The van der Waals surface area contributed by atoms with Gasteiger partial charge in [0, 0.05) is 32.1 Å². The van der Waals surface area contributed by atoms with E-state index < -0.39 is 23.5 Å². The number of hydrogen-bond acceptors (Lipinski definition) is 5. The first kappa shape index (κ1) is 26.2. The maximum Gasteiger partial charge on any atom is 0.317 e. The lowest BCUT2D eigenvalue weighted by Gasteiger charge is -2.38. The van der Waals surface area contributed by atoms with Gasteiger partial charge in [-0.05, 0) is 48.3 Å². The largest absolute Gasteiger partial charge is 0.350 e. The van der Waals surface area contributed by atoms with Crippen LogP contribution in [0.25, 0.3) is 0 Å². The summed E-state index contributed by atoms with van der Waals surface area (Å²) in [7, 11) is 3.22. The molecule has 36 heavy (non-hydrogen) atoms. The Bertz CT molecular complexity index is 1000. The van der Waals surface area contributed by atoms with Crippen molar-refractivity contribution in [2.75, 3.05) is 20.6 Å². The minimum atomic E-state index is -0.813. The van der Waals surface area contributed by atoms with Gasteiger partial charge in [-0.2, -0.15) is 5.26 Å². The number of rotatable bonds is 6. The molecular weight excluding hydrogens is 460 g/mol. The number of carbonyl (C=O) groups is 4. The Morgan fingerprint density at radius 1 is 1.22 bits per heavy atom. The van der Waals surface area contributed by atoms with E-state index in [4.69, 9.17) is 0 Å². The number of likely N-dealkylation sites (tertiary alicyclic amines) is 1. The van der Waals surface area contributed by atoms with Crippen molar-refractivity contribution < 1.29 is 19.2 Å². The van der Waals surface area contributed by atoms with Gasteiger partial charge in [0.25, 0.3) is 0 Å². The van der Waals surface area contributed by atoms with Crippen LogP contribution in [0.1, 0.15) is 60.3 Å². The second-order valence-electron chi connectivity index (χ2n) is 13.1. The first-order valence-corrected chi connectivity index (χ1v) is 12.9. The summed E-state index contributed by atoms with van der Waals surface area (Å²) in [6.07, 6.45) is 2.90. The molecule has 0 aromatic heterocycles. The summed E-state index contributed by atoms with van der Waals surface area (Å²) in [6.45, 7) is 10.3. The molecule has 0 bridgehead atoms. The van der Waals surface area contributed by atoms with Gasteiger partial charge < -0.3 is 25.8 Å². The SMILES string of the molecule is CN(C)C(=O)NC(C(=O)N1CC2C(C1C(=O)NC(C#N)CC1CC3(CC3)NC1=O)C2(C)C)C(C)(C)C. The summed E-state index contributed by atoms with van der Waals surface area (Å²) in [5, 5.41) is 18.5. The molecule has 10 nitrogen and oxygen atoms in total. The highest BCUT2D eigenvalue weighted by atomic mass is 16.2. The molecule has 4 rings (SSSR count). The fraction of sp³-hybridized carbons (Fsp3) is 0.808. The molecule has 1 spiro atoms. The quantitative estimate of drug-likeness (QED) is 0.504. The molecule has 2 saturated heterocycles. The minimum absolute atomic E-state index is 0.0181. The zero-order valence-corrected chi connectivity index (χ0v) is 22.5. The molecule has 2 heterocycles. The number of nitriles is 1. The van der Waals surface area contributed by atoms with E-state index in [-0.39, 0.29) is 58.9 Å². The lowest BCUT2D eigenvalue weighted by atomic mass is 9.85. The Kier molecular flexibility index (Phi) is 6.29. The fourth-order valence-electron chi connectivity index (χ4n) is 6.22. The smallest absolute Gasteiger partial charge is 0.317 e. The van der Waals surface area contributed by atoms with Gasteiger partial charge in [-0.1, -0.05) is 34.6 Å². The molecule has 10 heteroatoms. The highest BCUT2D eigenvalue weighted by molar-refractivity contribution is 5.94. The molecule has 5 amide bonds. The predicted molar refractivity (Wildman–Crippen MR) is 132 cm³/mol. The monoisotopic (exact) mass is 500 g/mol. The Morgan fingerprint density at radius 2 is 1.86 bits per heavy atom. The van der Waals surface area contributed by atoms with Gasteiger partial charge in [-0.3, -0.25) is 14.4 Å². The highest BCUT2D eigenvalue weighted by Crippen LogP contribution is 2.65. The molecule has 2 aliphatic heterocycles. The van der Waals surface area contributed by atoms with E-state index in [0.717, 1.165) is 12.8 Å². The van der Waals surface area contributed by atoms with Crippen LogP contribution in [0.3, 0.4) is 0 Å². The van der Waals surface area contributed by atoms with Crippen LogP contribution >= 0.6 is 0 Å². The Balaban J connectivity index is 1.50. The minimum Gasteiger partial charge on any atom is -0.350 e. The van der Waals surface area contributed by atoms with Gasteiger partial charge in [0.05, 0.1) is 6.07 Å². The molecular formula is C26H40N6O4. The molecule has 2 aliphatic carbocycles. The van der Waals surface area contributed by atoms with Crippen molar-refractivity contribution in [2.45, 2.75) is 84.0 Å². The average molecular weight is 501 g/mol. The molecule has 4 fully saturated rings. The van der Waals surface area contributed by atoms with Crippen LogP contribution in [0.4, 0.5) is 4.79 Å². The molecule has 3 N–H and O–H groups in total. The standard InChI is InChI=1S/C26H40N6O4/c1-24(2,3)19(29-23(36)31(6)7)22(35)32-13-16-17(25(16,4)5)18(32)21(34)28-15(12-27)10-14-11-26(8-9-26)30-20(14)33/h14-19H,8-11,13H2,1-7H3,(H,28,34)(H,29,36)(H,30,33). The summed E-state index contributed by atoms with van der Waals surface area (Å²) in [6, 6.07) is -0.568. The van der Waals surface area contributed by atoms with Crippen LogP contribution in [0, 0.1) is 39.9 Å². The number of nitrogens with zero attached hydrogens (tertiary/aromatic N) is 3. The van der Waals surface area contributed by atoms with Crippen molar-refractivity contribution in [3.63, 3.8) is 0 Å².